The molecule has 2 unspecified atom stereocenters. The smallest absolute Gasteiger partial charge is 0.274 e. The standard InChI is InChI=1S/C18H37NO4S/c1-5-9-11-16(7-3)13-19(18(20)15-24(21,22)23)14-17(8-4)12-10-6-2/h16-17H,5-15H2,1-4H3,(H,21,22,23). The number of nitrogens with zero attached hydrogens (tertiary/aromatic N) is 1. The van der Waals surface area contributed by atoms with Crippen molar-refractivity contribution in [3.05, 3.63) is 0 Å². The minimum atomic E-state index is -4.28. The third-order valence-electron chi connectivity index (χ3n) is 4.70. The highest BCUT2D eigenvalue weighted by Gasteiger charge is 2.24. The average molecular weight is 364 g/mol. The van der Waals surface area contributed by atoms with Crippen molar-refractivity contribution in [1.82, 2.24) is 4.90 Å². The van der Waals surface area contributed by atoms with E-state index < -0.39 is 21.8 Å². The lowest BCUT2D eigenvalue weighted by molar-refractivity contribution is -0.130. The summed E-state index contributed by atoms with van der Waals surface area (Å²) in [6.07, 6.45) is 8.51. The molecule has 2 atom stereocenters. The topological polar surface area (TPSA) is 74.7 Å². The van der Waals surface area contributed by atoms with Gasteiger partial charge in [0.15, 0.2) is 5.75 Å². The van der Waals surface area contributed by atoms with Crippen molar-refractivity contribution in [2.75, 3.05) is 18.8 Å². The highest BCUT2D eigenvalue weighted by molar-refractivity contribution is 7.86. The Morgan fingerprint density at radius 1 is 0.917 bits per heavy atom. The molecule has 0 rings (SSSR count). The van der Waals surface area contributed by atoms with Gasteiger partial charge in [-0.1, -0.05) is 66.2 Å². The Morgan fingerprint density at radius 3 is 1.62 bits per heavy atom. The van der Waals surface area contributed by atoms with Gasteiger partial charge in [0.1, 0.15) is 0 Å². The Labute approximate surface area is 148 Å². The van der Waals surface area contributed by atoms with Crippen molar-refractivity contribution in [3.63, 3.8) is 0 Å². The Kier molecular flexibility index (Phi) is 12.4. The molecular formula is C18H37NO4S. The van der Waals surface area contributed by atoms with Crippen LogP contribution >= 0.6 is 0 Å². The lowest BCUT2D eigenvalue weighted by atomic mass is 9.95. The second-order valence-corrected chi connectivity index (χ2v) is 8.31. The number of carbonyl (C=O) groups is 1. The van der Waals surface area contributed by atoms with Gasteiger partial charge in [-0.15, -0.1) is 0 Å². The van der Waals surface area contributed by atoms with Crippen molar-refractivity contribution < 1.29 is 17.8 Å². The third-order valence-corrected chi connectivity index (χ3v) is 5.31. The van der Waals surface area contributed by atoms with Crippen molar-refractivity contribution in [2.24, 2.45) is 11.8 Å². The minimum absolute atomic E-state index is 0.388. The lowest BCUT2D eigenvalue weighted by Crippen LogP contribution is -2.41. The Morgan fingerprint density at radius 2 is 1.33 bits per heavy atom. The zero-order chi connectivity index (χ0) is 18.6. The fourth-order valence-corrected chi connectivity index (χ4v) is 3.48. The molecule has 1 amide bonds. The van der Waals surface area contributed by atoms with E-state index in [9.17, 15) is 13.2 Å². The van der Waals surface area contributed by atoms with Gasteiger partial charge >= 0.3 is 0 Å². The molecule has 24 heavy (non-hydrogen) atoms. The van der Waals surface area contributed by atoms with Gasteiger partial charge in [-0.05, 0) is 24.7 Å². The lowest BCUT2D eigenvalue weighted by Gasteiger charge is -2.30. The maximum Gasteiger partial charge on any atom is 0.274 e. The van der Waals surface area contributed by atoms with Gasteiger partial charge in [0.05, 0.1) is 0 Å². The van der Waals surface area contributed by atoms with Crippen LogP contribution in [-0.4, -0.2) is 42.6 Å². The maximum absolute atomic E-state index is 12.4. The molecule has 0 bridgehead atoms. The van der Waals surface area contributed by atoms with Crippen LogP contribution in [-0.2, 0) is 14.9 Å². The van der Waals surface area contributed by atoms with E-state index in [2.05, 4.69) is 27.7 Å². The van der Waals surface area contributed by atoms with E-state index >= 15 is 0 Å². The van der Waals surface area contributed by atoms with Crippen LogP contribution < -0.4 is 0 Å². The van der Waals surface area contributed by atoms with E-state index in [-0.39, 0.29) is 0 Å². The molecular weight excluding hydrogens is 326 g/mol. The number of rotatable bonds is 14. The molecule has 0 radical (unpaired) electrons. The second-order valence-electron chi connectivity index (χ2n) is 6.86. The van der Waals surface area contributed by atoms with Crippen molar-refractivity contribution in [2.45, 2.75) is 79.1 Å². The second kappa shape index (κ2) is 12.7. The van der Waals surface area contributed by atoms with Gasteiger partial charge < -0.3 is 4.90 Å². The third kappa shape index (κ3) is 11.0. The van der Waals surface area contributed by atoms with Crippen molar-refractivity contribution >= 4 is 16.0 Å². The summed E-state index contributed by atoms with van der Waals surface area (Å²) in [7, 11) is -4.28. The number of hydrogen-bond donors (Lipinski definition) is 1. The van der Waals surface area contributed by atoms with Gasteiger partial charge in [-0.25, -0.2) is 0 Å². The Balaban J connectivity index is 5.00. The fraction of sp³-hybridized carbons (Fsp3) is 0.944. The zero-order valence-electron chi connectivity index (χ0n) is 16.0. The summed E-state index contributed by atoms with van der Waals surface area (Å²) in [5.41, 5.74) is 0. The van der Waals surface area contributed by atoms with E-state index in [0.29, 0.717) is 24.9 Å². The average Bonchev–Trinajstić information content (AvgIpc) is 2.51. The van der Waals surface area contributed by atoms with Crippen LogP contribution in [0.1, 0.15) is 79.1 Å². The van der Waals surface area contributed by atoms with Gasteiger partial charge in [0, 0.05) is 13.1 Å². The van der Waals surface area contributed by atoms with E-state index in [4.69, 9.17) is 4.55 Å². The Bertz CT molecular complexity index is 418. The normalized spacial score (nSPS) is 14.4. The van der Waals surface area contributed by atoms with E-state index in [1.54, 1.807) is 4.90 Å². The molecule has 0 saturated heterocycles. The van der Waals surface area contributed by atoms with Crippen molar-refractivity contribution in [1.29, 1.82) is 0 Å². The van der Waals surface area contributed by atoms with Crippen molar-refractivity contribution in [3.8, 4) is 0 Å². The molecule has 0 spiro atoms. The summed E-state index contributed by atoms with van der Waals surface area (Å²) < 4.78 is 31.2. The van der Waals surface area contributed by atoms with Crippen LogP contribution in [0.5, 0.6) is 0 Å². The molecule has 0 aliphatic carbocycles. The predicted molar refractivity (Wildman–Crippen MR) is 99.6 cm³/mol. The predicted octanol–water partition coefficient (Wildman–Crippen LogP) is 4.14. The number of carbonyl (C=O) groups excluding carboxylic acids is 1. The molecule has 0 heterocycles. The summed E-state index contributed by atoms with van der Waals surface area (Å²) >= 11 is 0. The first-order chi connectivity index (χ1) is 11.3. The molecule has 0 aromatic carbocycles. The molecule has 0 aliphatic rings. The maximum atomic E-state index is 12.4. The molecule has 1 N–H and O–H groups in total. The zero-order valence-corrected chi connectivity index (χ0v) is 16.8. The first-order valence-corrected chi connectivity index (χ1v) is 11.1. The Hall–Kier alpha value is -0.620. The largest absolute Gasteiger partial charge is 0.341 e. The molecule has 0 saturated carbocycles. The summed E-state index contributed by atoms with van der Waals surface area (Å²) in [6.45, 7) is 9.69. The summed E-state index contributed by atoms with van der Waals surface area (Å²) in [4.78, 5) is 14.1. The van der Waals surface area contributed by atoms with E-state index in [1.807, 2.05) is 0 Å². The first-order valence-electron chi connectivity index (χ1n) is 9.50. The van der Waals surface area contributed by atoms with Crippen LogP contribution in [0.3, 0.4) is 0 Å². The number of unbranched alkanes of at least 4 members (excludes halogenated alkanes) is 2. The molecule has 144 valence electrons. The molecule has 5 nitrogen and oxygen atoms in total. The first kappa shape index (κ1) is 23.4. The molecule has 0 aliphatic heterocycles. The SMILES string of the molecule is CCCCC(CC)CN(CC(CC)CCCC)C(=O)CS(=O)(=O)O. The molecule has 0 aromatic rings. The molecule has 0 fully saturated rings. The van der Waals surface area contributed by atoms with Crippen LogP contribution in [0.2, 0.25) is 0 Å². The van der Waals surface area contributed by atoms with Gasteiger partial charge in [-0.3, -0.25) is 9.35 Å². The monoisotopic (exact) mass is 363 g/mol. The summed E-state index contributed by atoms with van der Waals surface area (Å²) in [6, 6.07) is 0. The highest BCUT2D eigenvalue weighted by Crippen LogP contribution is 2.19. The minimum Gasteiger partial charge on any atom is -0.341 e. The van der Waals surface area contributed by atoms with Gasteiger partial charge in [0.25, 0.3) is 10.1 Å². The van der Waals surface area contributed by atoms with Gasteiger partial charge in [-0.2, -0.15) is 8.42 Å². The molecule has 6 heteroatoms. The van der Waals surface area contributed by atoms with E-state index in [0.717, 1.165) is 51.4 Å². The summed E-state index contributed by atoms with van der Waals surface area (Å²) in [5, 5.41) is 0. The van der Waals surface area contributed by atoms with E-state index in [1.165, 1.54) is 0 Å². The van der Waals surface area contributed by atoms with Gasteiger partial charge in [0.2, 0.25) is 5.91 Å². The quantitative estimate of drug-likeness (QED) is 0.471. The molecule has 0 aromatic heterocycles. The number of hydrogen-bond acceptors (Lipinski definition) is 3. The van der Waals surface area contributed by atoms with Crippen LogP contribution in [0.25, 0.3) is 0 Å². The van der Waals surface area contributed by atoms with Crippen LogP contribution in [0.15, 0.2) is 0 Å². The number of amides is 1. The van der Waals surface area contributed by atoms with Crippen LogP contribution in [0.4, 0.5) is 0 Å². The van der Waals surface area contributed by atoms with Crippen LogP contribution in [0, 0.1) is 11.8 Å². The highest BCUT2D eigenvalue weighted by atomic mass is 32.2. The summed E-state index contributed by atoms with van der Waals surface area (Å²) in [5.74, 6) is -0.498. The fourth-order valence-electron chi connectivity index (χ4n) is 2.98.